The van der Waals surface area contributed by atoms with E-state index in [9.17, 15) is 9.90 Å². The topological polar surface area (TPSA) is 64.6 Å². The first kappa shape index (κ1) is 29.1. The van der Waals surface area contributed by atoms with Crippen LogP contribution in [0.25, 0.3) is 0 Å². The van der Waals surface area contributed by atoms with Crippen molar-refractivity contribution < 1.29 is 9.90 Å². The summed E-state index contributed by atoms with van der Waals surface area (Å²) in [6, 6.07) is 0. The van der Waals surface area contributed by atoms with Gasteiger partial charge >= 0.3 is 0 Å². The van der Waals surface area contributed by atoms with E-state index in [1.807, 2.05) is 14.0 Å². The van der Waals surface area contributed by atoms with Crippen LogP contribution in [-0.2, 0) is 4.79 Å². The molecule has 4 rings (SSSR count). The Morgan fingerprint density at radius 1 is 1.05 bits per heavy atom. The number of nitrogens with one attached hydrogen (secondary N) is 2. The number of fused-ring (bicyclic) bond motifs is 5. The van der Waals surface area contributed by atoms with Gasteiger partial charge in [-0.25, -0.2) is 5.43 Å². The second kappa shape index (κ2) is 10.9. The van der Waals surface area contributed by atoms with E-state index in [4.69, 9.17) is 0 Å². The smallest absolute Gasteiger partial charge is 0.270 e. The Bertz CT molecular complexity index is 857. The number of hydrazine groups is 1. The lowest BCUT2D eigenvalue weighted by atomic mass is 9.46. The molecule has 4 aliphatic carbocycles. The van der Waals surface area contributed by atoms with Crippen molar-refractivity contribution in [3.63, 3.8) is 0 Å². The predicted molar refractivity (Wildman–Crippen MR) is 152 cm³/mol. The minimum Gasteiger partial charge on any atom is -0.380 e. The highest BCUT2D eigenvalue weighted by Gasteiger charge is 2.60. The summed E-state index contributed by atoms with van der Waals surface area (Å²) in [5, 5.41) is 16.3. The fraction of sp³-hybridized carbons (Fsp3) is 0.906. The quantitative estimate of drug-likeness (QED) is 0.192. The van der Waals surface area contributed by atoms with Crippen LogP contribution in [0.1, 0.15) is 112 Å². The predicted octanol–water partition coefficient (Wildman–Crippen LogP) is 6.29. The highest BCUT2D eigenvalue weighted by Crippen LogP contribution is 2.67. The van der Waals surface area contributed by atoms with Crippen LogP contribution >= 0.6 is 0 Å². The fourth-order valence-electron chi connectivity index (χ4n) is 9.68. The Morgan fingerprint density at radius 3 is 2.43 bits per heavy atom. The van der Waals surface area contributed by atoms with Crippen molar-refractivity contribution in [1.29, 1.82) is 0 Å². The van der Waals surface area contributed by atoms with E-state index in [1.54, 1.807) is 12.1 Å². The van der Waals surface area contributed by atoms with Gasteiger partial charge in [-0.05, 0) is 105 Å². The van der Waals surface area contributed by atoms with Crippen LogP contribution in [0, 0.1) is 46.3 Å². The summed E-state index contributed by atoms with van der Waals surface area (Å²) in [5.74, 6) is 4.61. The zero-order valence-corrected chi connectivity index (χ0v) is 25.2. The number of rotatable bonds is 9. The first-order valence-electron chi connectivity index (χ1n) is 15.5. The summed E-state index contributed by atoms with van der Waals surface area (Å²) in [6.45, 7) is 14.3. The van der Waals surface area contributed by atoms with Crippen LogP contribution in [0.4, 0.5) is 0 Å². The van der Waals surface area contributed by atoms with Gasteiger partial charge in [-0.2, -0.15) is 0 Å². The molecule has 3 saturated carbocycles. The van der Waals surface area contributed by atoms with Gasteiger partial charge in [0.2, 0.25) is 0 Å². The van der Waals surface area contributed by atoms with Crippen molar-refractivity contribution in [3.05, 3.63) is 11.6 Å². The van der Waals surface area contributed by atoms with E-state index in [-0.39, 0.29) is 17.5 Å². The number of nitrogens with zero attached hydrogens (tertiary/aromatic N) is 1. The number of carbonyl (C=O) groups excluding carboxylic acids is 1. The summed E-state index contributed by atoms with van der Waals surface area (Å²) >= 11 is 0. The van der Waals surface area contributed by atoms with Gasteiger partial charge in [0, 0.05) is 13.5 Å². The minimum atomic E-state index is -1.32. The number of carbonyl (C=O) groups is 1. The molecule has 3 N–H and O–H groups in total. The third-order valence-electron chi connectivity index (χ3n) is 12.0. The molecule has 0 radical (unpaired) electrons. The maximum atomic E-state index is 13.5. The molecule has 37 heavy (non-hydrogen) atoms. The Hall–Kier alpha value is -0.910. The third kappa shape index (κ3) is 5.07. The first-order chi connectivity index (χ1) is 17.4. The van der Waals surface area contributed by atoms with Gasteiger partial charge in [0.1, 0.15) is 5.60 Å². The van der Waals surface area contributed by atoms with Gasteiger partial charge in [-0.1, -0.05) is 65.5 Å². The molecule has 0 bridgehead atoms. The minimum absolute atomic E-state index is 0.122. The van der Waals surface area contributed by atoms with Gasteiger partial charge in [-0.15, -0.1) is 0 Å². The highest BCUT2D eigenvalue weighted by molar-refractivity contribution is 5.85. The van der Waals surface area contributed by atoms with Crippen LogP contribution in [0.15, 0.2) is 11.6 Å². The second-order valence-corrected chi connectivity index (χ2v) is 14.4. The zero-order valence-electron chi connectivity index (χ0n) is 25.2. The van der Waals surface area contributed by atoms with Crippen molar-refractivity contribution in [2.24, 2.45) is 46.3 Å². The molecule has 0 saturated heterocycles. The molecule has 212 valence electrons. The Labute approximate surface area is 227 Å². The molecule has 0 aromatic heterocycles. The van der Waals surface area contributed by atoms with Gasteiger partial charge in [-0.3, -0.25) is 15.1 Å². The number of amides is 1. The van der Waals surface area contributed by atoms with Gasteiger partial charge < -0.3 is 5.11 Å². The van der Waals surface area contributed by atoms with E-state index >= 15 is 0 Å². The molecule has 0 heterocycles. The average molecular weight is 516 g/mol. The van der Waals surface area contributed by atoms with Crippen molar-refractivity contribution in [2.45, 2.75) is 124 Å². The van der Waals surface area contributed by atoms with E-state index in [1.165, 1.54) is 50.5 Å². The lowest BCUT2D eigenvalue weighted by Gasteiger charge is -2.59. The molecule has 1 unspecified atom stereocenters. The van der Waals surface area contributed by atoms with Gasteiger partial charge in [0.05, 0.1) is 6.17 Å². The largest absolute Gasteiger partial charge is 0.380 e. The second-order valence-electron chi connectivity index (χ2n) is 14.4. The molecular formula is C32H57N3O2. The maximum absolute atomic E-state index is 13.5. The third-order valence-corrected chi connectivity index (χ3v) is 12.0. The van der Waals surface area contributed by atoms with E-state index in [0.29, 0.717) is 24.2 Å². The van der Waals surface area contributed by atoms with Crippen molar-refractivity contribution in [2.75, 3.05) is 14.1 Å². The van der Waals surface area contributed by atoms with Crippen molar-refractivity contribution in [1.82, 2.24) is 15.8 Å². The Morgan fingerprint density at radius 2 is 1.78 bits per heavy atom. The number of hydrogen-bond donors (Lipinski definition) is 3. The van der Waals surface area contributed by atoms with Crippen LogP contribution < -0.4 is 10.7 Å². The SMILES string of the molecule is CNC(C)N(NC)C(=O)[C@@]1(O)CC[C@@]2(C)C(=CC[C@H]3[C@@H]4CC[C@H]([C@H](C)CCCC(C)C)[C@@]4(C)CC[C@@H]32)C1. The molecule has 5 nitrogen and oxygen atoms in total. The summed E-state index contributed by atoms with van der Waals surface area (Å²) in [6.07, 6.45) is 15.0. The molecule has 0 aromatic rings. The molecule has 4 aliphatic rings. The van der Waals surface area contributed by atoms with E-state index in [0.717, 1.165) is 42.4 Å². The molecule has 9 atom stereocenters. The zero-order chi connectivity index (χ0) is 27.2. The summed E-state index contributed by atoms with van der Waals surface area (Å²) in [7, 11) is 3.59. The fourth-order valence-corrected chi connectivity index (χ4v) is 9.68. The summed E-state index contributed by atoms with van der Waals surface area (Å²) in [4.78, 5) is 13.5. The lowest BCUT2D eigenvalue weighted by molar-refractivity contribution is -0.163. The Balaban J connectivity index is 1.49. The average Bonchev–Trinajstić information content (AvgIpc) is 3.21. The molecular weight excluding hydrogens is 458 g/mol. The molecule has 0 aliphatic heterocycles. The summed E-state index contributed by atoms with van der Waals surface area (Å²) in [5.41, 5.74) is 3.65. The molecule has 0 aromatic carbocycles. The summed E-state index contributed by atoms with van der Waals surface area (Å²) < 4.78 is 0. The Kier molecular flexibility index (Phi) is 8.59. The standard InChI is InChI=1S/C32H57N3O2/c1-21(2)10-9-11-22(3)26-14-15-27-25-13-12-24-20-32(37,29(36)35(34-8)23(4)33-7)19-18-30(24,5)28(25)16-17-31(26,27)6/h12,21-23,25-28,33-34,37H,9-11,13-20H2,1-8H3/t22-,23?,25+,26-,27+,28+,30+,31-,32-/m1/s1. The molecule has 0 spiro atoms. The normalized spacial score (nSPS) is 40.9. The van der Waals surface area contributed by atoms with Crippen LogP contribution in [-0.4, -0.2) is 41.9 Å². The highest BCUT2D eigenvalue weighted by atomic mass is 16.3. The van der Waals surface area contributed by atoms with Gasteiger partial charge in [0.25, 0.3) is 5.91 Å². The monoisotopic (exact) mass is 515 g/mol. The van der Waals surface area contributed by atoms with E-state index < -0.39 is 5.60 Å². The molecule has 3 fully saturated rings. The first-order valence-corrected chi connectivity index (χ1v) is 15.5. The number of allylic oxidation sites excluding steroid dienone is 1. The lowest BCUT2D eigenvalue weighted by Crippen LogP contribution is -2.61. The maximum Gasteiger partial charge on any atom is 0.270 e. The van der Waals surface area contributed by atoms with Crippen molar-refractivity contribution in [3.8, 4) is 0 Å². The molecule has 5 heteroatoms. The van der Waals surface area contributed by atoms with Gasteiger partial charge in [0.15, 0.2) is 0 Å². The molecule has 1 amide bonds. The van der Waals surface area contributed by atoms with E-state index in [2.05, 4.69) is 51.4 Å². The van der Waals surface area contributed by atoms with Crippen LogP contribution in [0.5, 0.6) is 0 Å². The number of hydrogen-bond acceptors (Lipinski definition) is 4. The van der Waals surface area contributed by atoms with Crippen LogP contribution in [0.3, 0.4) is 0 Å². The van der Waals surface area contributed by atoms with Crippen LogP contribution in [0.2, 0.25) is 0 Å². The number of aliphatic hydroxyl groups is 1. The van der Waals surface area contributed by atoms with Crippen molar-refractivity contribution >= 4 is 5.91 Å².